The van der Waals surface area contributed by atoms with Crippen molar-refractivity contribution in [3.05, 3.63) is 70.7 Å². The van der Waals surface area contributed by atoms with E-state index in [1.807, 2.05) is 54.6 Å². The fourth-order valence-corrected chi connectivity index (χ4v) is 1.46. The molecule has 2 nitrogen and oxygen atoms in total. The first-order chi connectivity index (χ1) is 8.34. The molecule has 0 saturated heterocycles. The van der Waals surface area contributed by atoms with Gasteiger partial charge in [-0.25, -0.2) is 0 Å². The molecule has 0 fully saturated rings. The molecular weight excluding hydrogens is 234 g/mol. The SMILES string of the molecule is Clc1ccc(/C=N/OCc2ccccc2)cc1. The Morgan fingerprint density at radius 1 is 1.00 bits per heavy atom. The first-order valence-electron chi connectivity index (χ1n) is 5.29. The van der Waals surface area contributed by atoms with Gasteiger partial charge in [0.05, 0.1) is 6.21 Å². The molecule has 0 aliphatic heterocycles. The summed E-state index contributed by atoms with van der Waals surface area (Å²) >= 11 is 5.78. The normalized spacial score (nSPS) is 10.6. The molecular formula is C14H12ClNO. The van der Waals surface area contributed by atoms with Gasteiger partial charge in [-0.2, -0.15) is 0 Å². The summed E-state index contributed by atoms with van der Waals surface area (Å²) in [5, 5.41) is 4.61. The Morgan fingerprint density at radius 3 is 2.41 bits per heavy atom. The Bertz CT molecular complexity index is 479. The molecule has 0 radical (unpaired) electrons. The van der Waals surface area contributed by atoms with Crippen molar-refractivity contribution in [2.24, 2.45) is 5.16 Å². The van der Waals surface area contributed by atoms with E-state index in [-0.39, 0.29) is 0 Å². The minimum Gasteiger partial charge on any atom is -0.391 e. The largest absolute Gasteiger partial charge is 0.391 e. The summed E-state index contributed by atoms with van der Waals surface area (Å²) in [5.41, 5.74) is 2.06. The van der Waals surface area contributed by atoms with Crippen LogP contribution in [0.4, 0.5) is 0 Å². The Kier molecular flexibility index (Phi) is 4.17. The van der Waals surface area contributed by atoms with Crippen LogP contribution in [0.25, 0.3) is 0 Å². The molecule has 0 aliphatic carbocycles. The van der Waals surface area contributed by atoms with Gasteiger partial charge >= 0.3 is 0 Å². The number of nitrogens with zero attached hydrogens (tertiary/aromatic N) is 1. The van der Waals surface area contributed by atoms with Crippen molar-refractivity contribution in [3.8, 4) is 0 Å². The number of benzene rings is 2. The zero-order chi connectivity index (χ0) is 11.9. The van der Waals surface area contributed by atoms with Crippen LogP contribution in [-0.2, 0) is 11.4 Å². The zero-order valence-electron chi connectivity index (χ0n) is 9.21. The van der Waals surface area contributed by atoms with Gasteiger partial charge in [-0.1, -0.05) is 59.2 Å². The smallest absolute Gasteiger partial charge is 0.142 e. The van der Waals surface area contributed by atoms with Crippen LogP contribution in [0.3, 0.4) is 0 Å². The van der Waals surface area contributed by atoms with E-state index in [1.165, 1.54) is 0 Å². The highest BCUT2D eigenvalue weighted by molar-refractivity contribution is 6.30. The predicted molar refractivity (Wildman–Crippen MR) is 70.3 cm³/mol. The molecule has 86 valence electrons. The monoisotopic (exact) mass is 245 g/mol. The fourth-order valence-electron chi connectivity index (χ4n) is 1.33. The third-order valence-corrected chi connectivity index (χ3v) is 2.47. The van der Waals surface area contributed by atoms with Crippen molar-refractivity contribution in [3.63, 3.8) is 0 Å². The molecule has 17 heavy (non-hydrogen) atoms. The van der Waals surface area contributed by atoms with Gasteiger partial charge in [0.2, 0.25) is 0 Å². The first kappa shape index (κ1) is 11.7. The molecule has 0 bridgehead atoms. The first-order valence-corrected chi connectivity index (χ1v) is 5.67. The van der Waals surface area contributed by atoms with Crippen LogP contribution in [0.5, 0.6) is 0 Å². The summed E-state index contributed by atoms with van der Waals surface area (Å²) in [5.74, 6) is 0. The molecule has 2 aromatic rings. The van der Waals surface area contributed by atoms with Crippen LogP contribution in [0, 0.1) is 0 Å². The number of oxime groups is 1. The summed E-state index contributed by atoms with van der Waals surface area (Å²) in [6, 6.07) is 17.3. The van der Waals surface area contributed by atoms with Crippen molar-refractivity contribution in [1.29, 1.82) is 0 Å². The molecule has 0 saturated carbocycles. The van der Waals surface area contributed by atoms with E-state index in [0.717, 1.165) is 11.1 Å². The van der Waals surface area contributed by atoms with Gasteiger partial charge in [-0.3, -0.25) is 0 Å². The van der Waals surface area contributed by atoms with Gasteiger partial charge in [-0.15, -0.1) is 0 Å². The maximum Gasteiger partial charge on any atom is 0.142 e. The van der Waals surface area contributed by atoms with Crippen LogP contribution in [-0.4, -0.2) is 6.21 Å². The number of rotatable bonds is 4. The fraction of sp³-hybridized carbons (Fsp3) is 0.0714. The second-order valence-corrected chi connectivity index (χ2v) is 3.98. The minimum atomic E-state index is 0.477. The molecule has 0 aliphatic rings. The van der Waals surface area contributed by atoms with Gasteiger partial charge in [0.1, 0.15) is 6.61 Å². The lowest BCUT2D eigenvalue weighted by atomic mass is 10.2. The van der Waals surface area contributed by atoms with Gasteiger partial charge in [0, 0.05) is 5.02 Å². The highest BCUT2D eigenvalue weighted by Crippen LogP contribution is 2.08. The zero-order valence-corrected chi connectivity index (χ0v) is 9.97. The molecule has 0 heterocycles. The van der Waals surface area contributed by atoms with E-state index in [4.69, 9.17) is 16.4 Å². The average Bonchev–Trinajstić information content (AvgIpc) is 2.38. The topological polar surface area (TPSA) is 21.6 Å². The molecule has 0 amide bonds. The van der Waals surface area contributed by atoms with Crippen molar-refractivity contribution in [2.75, 3.05) is 0 Å². The van der Waals surface area contributed by atoms with Crippen molar-refractivity contribution >= 4 is 17.8 Å². The molecule has 0 spiro atoms. The Hall–Kier alpha value is -1.80. The number of hydrogen-bond donors (Lipinski definition) is 0. The minimum absolute atomic E-state index is 0.477. The van der Waals surface area contributed by atoms with Gasteiger partial charge in [-0.05, 0) is 23.3 Å². The summed E-state index contributed by atoms with van der Waals surface area (Å²) in [7, 11) is 0. The van der Waals surface area contributed by atoms with Crippen molar-refractivity contribution in [1.82, 2.24) is 0 Å². The maximum atomic E-state index is 5.78. The van der Waals surface area contributed by atoms with E-state index < -0.39 is 0 Å². The van der Waals surface area contributed by atoms with Crippen LogP contribution in [0.15, 0.2) is 59.8 Å². The lowest BCUT2D eigenvalue weighted by Crippen LogP contribution is -1.87. The standard InChI is InChI=1S/C14H12ClNO/c15-14-8-6-12(7-9-14)10-16-17-11-13-4-2-1-3-5-13/h1-10H,11H2/b16-10+. The van der Waals surface area contributed by atoms with Crippen molar-refractivity contribution < 1.29 is 4.84 Å². The summed E-state index contributed by atoms with van der Waals surface area (Å²) in [6.45, 7) is 0.477. The van der Waals surface area contributed by atoms with Gasteiger partial charge in [0.15, 0.2) is 0 Å². The van der Waals surface area contributed by atoms with E-state index in [0.29, 0.717) is 11.6 Å². The summed E-state index contributed by atoms with van der Waals surface area (Å²) in [6.07, 6.45) is 1.67. The van der Waals surface area contributed by atoms with Gasteiger partial charge < -0.3 is 4.84 Å². The summed E-state index contributed by atoms with van der Waals surface area (Å²) < 4.78 is 0. The van der Waals surface area contributed by atoms with Crippen LogP contribution in [0.1, 0.15) is 11.1 Å². The number of halogens is 1. The quantitative estimate of drug-likeness (QED) is 0.592. The molecule has 0 N–H and O–H groups in total. The maximum absolute atomic E-state index is 5.78. The number of hydrogen-bond acceptors (Lipinski definition) is 2. The van der Waals surface area contributed by atoms with Crippen LogP contribution < -0.4 is 0 Å². The van der Waals surface area contributed by atoms with Crippen molar-refractivity contribution in [2.45, 2.75) is 6.61 Å². The lowest BCUT2D eigenvalue weighted by molar-refractivity contribution is 0.132. The third-order valence-electron chi connectivity index (χ3n) is 2.22. The van der Waals surface area contributed by atoms with Crippen LogP contribution >= 0.6 is 11.6 Å². The highest BCUT2D eigenvalue weighted by Gasteiger charge is 1.90. The highest BCUT2D eigenvalue weighted by atomic mass is 35.5. The average molecular weight is 246 g/mol. The molecule has 0 unspecified atom stereocenters. The Labute approximate surface area is 105 Å². The second-order valence-electron chi connectivity index (χ2n) is 3.55. The molecule has 2 aromatic carbocycles. The Balaban J connectivity index is 1.84. The van der Waals surface area contributed by atoms with Gasteiger partial charge in [0.25, 0.3) is 0 Å². The molecule has 2 rings (SSSR count). The van der Waals surface area contributed by atoms with E-state index in [2.05, 4.69) is 5.16 Å². The second kappa shape index (κ2) is 6.06. The van der Waals surface area contributed by atoms with Crippen LogP contribution in [0.2, 0.25) is 5.02 Å². The Morgan fingerprint density at radius 2 is 1.71 bits per heavy atom. The van der Waals surface area contributed by atoms with E-state index in [9.17, 15) is 0 Å². The lowest BCUT2D eigenvalue weighted by Gasteiger charge is -1.98. The molecule has 0 atom stereocenters. The third kappa shape index (κ3) is 3.93. The van der Waals surface area contributed by atoms with E-state index in [1.54, 1.807) is 6.21 Å². The predicted octanol–water partition coefficient (Wildman–Crippen LogP) is 3.89. The summed E-state index contributed by atoms with van der Waals surface area (Å²) in [4.78, 5) is 5.19. The van der Waals surface area contributed by atoms with E-state index >= 15 is 0 Å². The molecule has 3 heteroatoms. The molecule has 0 aromatic heterocycles.